The minimum atomic E-state index is -0.953. The van der Waals surface area contributed by atoms with E-state index >= 15 is 0 Å². The molecule has 0 aliphatic rings. The zero-order valence-electron chi connectivity index (χ0n) is 25.5. The number of esters is 1. The zero-order valence-corrected chi connectivity index (χ0v) is 26.2. The molecule has 0 saturated heterocycles. The maximum absolute atomic E-state index is 13.9. The van der Waals surface area contributed by atoms with Crippen molar-refractivity contribution in [2.24, 2.45) is 0 Å². The van der Waals surface area contributed by atoms with Crippen molar-refractivity contribution >= 4 is 35.3 Å². The lowest BCUT2D eigenvalue weighted by atomic mass is 9.95. The smallest absolute Gasteiger partial charge is 0.495 e. The Kier molecular flexibility index (Phi) is 11.5. The molecule has 46 heavy (non-hydrogen) atoms. The predicted molar refractivity (Wildman–Crippen MR) is 170 cm³/mol. The van der Waals surface area contributed by atoms with Gasteiger partial charge >= 0.3 is 12.1 Å². The van der Waals surface area contributed by atoms with Gasteiger partial charge in [-0.3, -0.25) is 14.4 Å². The molecule has 0 unspecified atom stereocenters. The maximum atomic E-state index is 13.9. The summed E-state index contributed by atoms with van der Waals surface area (Å²) in [6, 6.07) is 20.7. The molecule has 0 saturated carbocycles. The van der Waals surface area contributed by atoms with Crippen LogP contribution in [0.3, 0.4) is 0 Å². The van der Waals surface area contributed by atoms with Crippen molar-refractivity contribution in [3.05, 3.63) is 123 Å². The average molecular weight is 646 g/mol. The van der Waals surface area contributed by atoms with E-state index in [-0.39, 0.29) is 42.3 Å². The minimum Gasteiger partial charge on any atom is -0.495 e. The summed E-state index contributed by atoms with van der Waals surface area (Å²) in [6.45, 7) is 2.55. The molecule has 4 aromatic rings. The van der Waals surface area contributed by atoms with Gasteiger partial charge in [0.15, 0.2) is 11.6 Å². The first kappa shape index (κ1) is 33.7. The van der Waals surface area contributed by atoms with Crippen LogP contribution in [0.15, 0.2) is 89.9 Å². The number of Topliss-reactive ketones (excluding diaryl/α,β-unsaturated/α-hetero) is 2. The van der Waals surface area contributed by atoms with E-state index in [1.807, 2.05) is 30.3 Å². The van der Waals surface area contributed by atoms with E-state index in [1.165, 1.54) is 43.0 Å². The summed E-state index contributed by atoms with van der Waals surface area (Å²) in [5, 5.41) is 0.382. The normalized spacial score (nSPS) is 11.3. The highest BCUT2D eigenvalue weighted by Crippen LogP contribution is 2.34. The summed E-state index contributed by atoms with van der Waals surface area (Å²) < 4.78 is 21.2. The number of nitrogens with zero attached hydrogens (tertiary/aromatic N) is 1. The third-order valence-corrected chi connectivity index (χ3v) is 7.33. The standard InChI is InChI=1S/C35H32ClNO9/c1-4-44-35(42)46-21-45-34(41)25-12-10-24(11-13-25)17-31(39)30(16-23-8-6-5-7-9-23)37-20-32(43-3)29(19-33(37)40)28-18-26(36)14-15-27(28)22(2)38/h5-15,18-20,30H,4,16-17,21H2,1-3H3/t30-/m0/s1. The Morgan fingerprint density at radius 2 is 1.57 bits per heavy atom. The number of rotatable bonds is 13. The van der Waals surface area contributed by atoms with Crippen LogP contribution in [0.5, 0.6) is 5.75 Å². The second-order valence-electron chi connectivity index (χ2n) is 10.2. The molecule has 11 heteroatoms. The molecule has 0 bridgehead atoms. The number of hydrogen-bond acceptors (Lipinski definition) is 9. The minimum absolute atomic E-state index is 0.0436. The lowest BCUT2D eigenvalue weighted by Gasteiger charge is -2.22. The topological polar surface area (TPSA) is 127 Å². The number of carbonyl (C=O) groups is 4. The molecular formula is C35H32ClNO9. The summed E-state index contributed by atoms with van der Waals surface area (Å²) in [4.78, 5) is 63.5. The fourth-order valence-electron chi connectivity index (χ4n) is 4.85. The first-order valence-electron chi connectivity index (χ1n) is 14.3. The third kappa shape index (κ3) is 8.48. The molecule has 4 rings (SSSR count). The fraction of sp³-hybridized carbons (Fsp3) is 0.229. The van der Waals surface area contributed by atoms with Crippen molar-refractivity contribution in [3.63, 3.8) is 0 Å². The molecule has 0 spiro atoms. The van der Waals surface area contributed by atoms with Gasteiger partial charge in [0.2, 0.25) is 6.79 Å². The number of benzene rings is 3. The Morgan fingerprint density at radius 3 is 2.22 bits per heavy atom. The highest BCUT2D eigenvalue weighted by atomic mass is 35.5. The van der Waals surface area contributed by atoms with Gasteiger partial charge in [0, 0.05) is 35.1 Å². The molecule has 1 atom stereocenters. The fourth-order valence-corrected chi connectivity index (χ4v) is 5.02. The predicted octanol–water partition coefficient (Wildman–Crippen LogP) is 6.26. The van der Waals surface area contributed by atoms with Gasteiger partial charge in [-0.05, 0) is 60.9 Å². The first-order chi connectivity index (χ1) is 22.1. The van der Waals surface area contributed by atoms with E-state index in [4.69, 9.17) is 21.1 Å². The van der Waals surface area contributed by atoms with Crippen LogP contribution in [0.25, 0.3) is 11.1 Å². The molecule has 10 nitrogen and oxygen atoms in total. The highest BCUT2D eigenvalue weighted by molar-refractivity contribution is 6.31. The molecule has 0 aliphatic heterocycles. The number of pyridine rings is 1. The van der Waals surface area contributed by atoms with E-state index in [2.05, 4.69) is 9.47 Å². The lowest BCUT2D eigenvalue weighted by Crippen LogP contribution is -2.32. The lowest BCUT2D eigenvalue weighted by molar-refractivity contribution is -0.121. The second-order valence-corrected chi connectivity index (χ2v) is 10.6. The van der Waals surface area contributed by atoms with Gasteiger partial charge in [0.1, 0.15) is 5.75 Å². The molecule has 238 valence electrons. The van der Waals surface area contributed by atoms with E-state index < -0.39 is 30.5 Å². The molecule has 1 aromatic heterocycles. The van der Waals surface area contributed by atoms with Crippen molar-refractivity contribution in [3.8, 4) is 16.9 Å². The molecule has 3 aromatic carbocycles. The van der Waals surface area contributed by atoms with Crippen LogP contribution in [-0.4, -0.2) is 48.8 Å². The van der Waals surface area contributed by atoms with Crippen LogP contribution in [-0.2, 0) is 31.8 Å². The number of halogens is 1. The van der Waals surface area contributed by atoms with E-state index in [1.54, 1.807) is 37.3 Å². The largest absolute Gasteiger partial charge is 0.511 e. The monoisotopic (exact) mass is 645 g/mol. The molecule has 0 fully saturated rings. The highest BCUT2D eigenvalue weighted by Gasteiger charge is 2.25. The number of carbonyl (C=O) groups excluding carboxylic acids is 4. The summed E-state index contributed by atoms with van der Waals surface area (Å²) in [5.41, 5.74) is 2.34. The van der Waals surface area contributed by atoms with Crippen LogP contribution < -0.4 is 10.3 Å². The Balaban J connectivity index is 1.62. The van der Waals surface area contributed by atoms with Gasteiger partial charge in [-0.15, -0.1) is 0 Å². The maximum Gasteiger partial charge on any atom is 0.511 e. The molecule has 0 N–H and O–H groups in total. The molecular weight excluding hydrogens is 614 g/mol. The van der Waals surface area contributed by atoms with Crippen molar-refractivity contribution in [1.82, 2.24) is 4.57 Å². The average Bonchev–Trinajstić information content (AvgIpc) is 3.04. The summed E-state index contributed by atoms with van der Waals surface area (Å²) in [6.07, 6.45) is 0.706. The van der Waals surface area contributed by atoms with Gasteiger partial charge < -0.3 is 23.5 Å². The van der Waals surface area contributed by atoms with Gasteiger partial charge in [-0.25, -0.2) is 9.59 Å². The Bertz CT molecular complexity index is 1780. The number of ether oxygens (including phenoxy) is 4. The number of ketones is 2. The molecule has 0 aliphatic carbocycles. The van der Waals surface area contributed by atoms with Crippen molar-refractivity contribution < 1.29 is 38.1 Å². The van der Waals surface area contributed by atoms with Crippen LogP contribution in [0, 0.1) is 0 Å². The van der Waals surface area contributed by atoms with Gasteiger partial charge in [0.25, 0.3) is 5.56 Å². The van der Waals surface area contributed by atoms with Gasteiger partial charge in [0.05, 0.1) is 31.5 Å². The SMILES string of the molecule is CCOC(=O)OCOC(=O)c1ccc(CC(=O)[C@H](Cc2ccccc2)n2cc(OC)c(-c3cc(Cl)ccc3C(C)=O)cc2=O)cc1. The summed E-state index contributed by atoms with van der Waals surface area (Å²) in [5.74, 6) is -0.911. The first-order valence-corrected chi connectivity index (χ1v) is 14.7. The Morgan fingerprint density at radius 1 is 0.848 bits per heavy atom. The molecule has 0 radical (unpaired) electrons. The van der Waals surface area contributed by atoms with E-state index in [0.29, 0.717) is 27.3 Å². The van der Waals surface area contributed by atoms with E-state index in [9.17, 15) is 24.0 Å². The van der Waals surface area contributed by atoms with Gasteiger partial charge in [-0.1, -0.05) is 54.1 Å². The third-order valence-electron chi connectivity index (χ3n) is 7.09. The zero-order chi connectivity index (χ0) is 33.2. The molecule has 0 amide bonds. The number of hydrogen-bond donors (Lipinski definition) is 0. The summed E-state index contributed by atoms with van der Waals surface area (Å²) in [7, 11) is 1.44. The van der Waals surface area contributed by atoms with E-state index in [0.717, 1.165) is 5.56 Å². The van der Waals surface area contributed by atoms with Crippen LogP contribution >= 0.6 is 11.6 Å². The van der Waals surface area contributed by atoms with Crippen molar-refractivity contribution in [1.29, 1.82) is 0 Å². The summed E-state index contributed by atoms with van der Waals surface area (Å²) >= 11 is 6.24. The van der Waals surface area contributed by atoms with Crippen LogP contribution in [0.2, 0.25) is 5.02 Å². The van der Waals surface area contributed by atoms with Crippen molar-refractivity contribution in [2.75, 3.05) is 20.5 Å². The molecule has 1 heterocycles. The van der Waals surface area contributed by atoms with Gasteiger partial charge in [-0.2, -0.15) is 0 Å². The quantitative estimate of drug-likeness (QED) is 0.0940. The number of methoxy groups -OCH3 is 1. The second kappa shape index (κ2) is 15.7. The van der Waals surface area contributed by atoms with Crippen molar-refractivity contribution in [2.45, 2.75) is 32.7 Å². The Hall–Kier alpha value is -5.22. The number of aromatic nitrogens is 1. The van der Waals surface area contributed by atoms with Crippen LogP contribution in [0.4, 0.5) is 4.79 Å². The van der Waals surface area contributed by atoms with Crippen LogP contribution in [0.1, 0.15) is 51.7 Å². The Labute approximate surface area is 270 Å².